The first-order valence-corrected chi connectivity index (χ1v) is 6.97. The van der Waals surface area contributed by atoms with Crippen LogP contribution in [0.3, 0.4) is 0 Å². The van der Waals surface area contributed by atoms with Gasteiger partial charge < -0.3 is 0 Å². The van der Waals surface area contributed by atoms with Crippen LogP contribution in [0.15, 0.2) is 72.4 Å². The second-order valence-corrected chi connectivity index (χ2v) is 4.76. The molecule has 5 heteroatoms. The molecule has 0 aliphatic heterocycles. The molecule has 0 fully saturated rings. The Morgan fingerprint density at radius 1 is 1.04 bits per heavy atom. The van der Waals surface area contributed by atoms with Crippen LogP contribution in [0.5, 0.6) is 0 Å². The summed E-state index contributed by atoms with van der Waals surface area (Å²) in [6.07, 6.45) is 2.96. The van der Waals surface area contributed by atoms with Gasteiger partial charge in [0, 0.05) is 5.56 Å². The minimum absolute atomic E-state index is 0.0244. The van der Waals surface area contributed by atoms with E-state index in [9.17, 15) is 10.1 Å². The highest BCUT2D eigenvalue weighted by atomic mass is 16.1. The third-order valence-electron chi connectivity index (χ3n) is 3.19. The van der Waals surface area contributed by atoms with Gasteiger partial charge >= 0.3 is 0 Å². The molecule has 110 valence electrons. The molecule has 0 N–H and O–H groups in total. The van der Waals surface area contributed by atoms with E-state index in [2.05, 4.69) is 10.2 Å². The van der Waals surface area contributed by atoms with Crippen LogP contribution in [0.25, 0.3) is 11.8 Å². The van der Waals surface area contributed by atoms with E-state index in [1.807, 2.05) is 42.5 Å². The minimum atomic E-state index is -0.331. The Kier molecular flexibility index (Phi) is 4.07. The lowest BCUT2D eigenvalue weighted by atomic mass is 10.0. The molecule has 23 heavy (non-hydrogen) atoms. The molecular weight excluding hydrogens is 288 g/mol. The maximum absolute atomic E-state index is 12.3. The minimum Gasteiger partial charge on any atom is -0.288 e. The number of hydrogen-bond acceptors (Lipinski definition) is 4. The van der Waals surface area contributed by atoms with Gasteiger partial charge in [-0.2, -0.15) is 15.2 Å². The second-order valence-electron chi connectivity index (χ2n) is 4.76. The number of aromatic nitrogens is 3. The third-order valence-corrected chi connectivity index (χ3v) is 3.19. The fraction of sp³-hybridized carbons (Fsp3) is 0. The van der Waals surface area contributed by atoms with Gasteiger partial charge in [0.1, 0.15) is 17.3 Å². The number of ketones is 1. The van der Waals surface area contributed by atoms with Crippen LogP contribution in [0.1, 0.15) is 16.1 Å². The first-order chi connectivity index (χ1) is 11.3. The molecule has 0 spiro atoms. The van der Waals surface area contributed by atoms with Gasteiger partial charge in [0.25, 0.3) is 0 Å². The molecule has 0 saturated carbocycles. The van der Waals surface area contributed by atoms with E-state index in [1.165, 1.54) is 17.1 Å². The largest absolute Gasteiger partial charge is 0.288 e. The molecule has 0 bridgehead atoms. The summed E-state index contributed by atoms with van der Waals surface area (Å²) in [5.74, 6) is -0.331. The molecule has 0 atom stereocenters. The van der Waals surface area contributed by atoms with Gasteiger partial charge in [-0.05, 0) is 18.2 Å². The lowest BCUT2D eigenvalue weighted by Gasteiger charge is -1.98. The highest BCUT2D eigenvalue weighted by Gasteiger charge is 2.12. The molecule has 0 unspecified atom stereocenters. The first kappa shape index (κ1) is 14.4. The fourth-order valence-corrected chi connectivity index (χ4v) is 2.07. The quantitative estimate of drug-likeness (QED) is 0.422. The van der Waals surface area contributed by atoms with Gasteiger partial charge in [0.2, 0.25) is 5.78 Å². The van der Waals surface area contributed by atoms with Crippen LogP contribution < -0.4 is 0 Å². The van der Waals surface area contributed by atoms with Crippen molar-refractivity contribution in [2.45, 2.75) is 0 Å². The summed E-state index contributed by atoms with van der Waals surface area (Å²) < 4.78 is 0. The lowest BCUT2D eigenvalue weighted by molar-refractivity contribution is 0.104. The van der Waals surface area contributed by atoms with Crippen LogP contribution in [0.4, 0.5) is 0 Å². The Hall–Kier alpha value is -3.52. The topological polar surface area (TPSA) is 71.6 Å². The summed E-state index contributed by atoms with van der Waals surface area (Å²) in [6, 6.07) is 20.0. The van der Waals surface area contributed by atoms with Crippen molar-refractivity contribution >= 4 is 11.9 Å². The number of benzene rings is 2. The third kappa shape index (κ3) is 3.22. The lowest BCUT2D eigenvalue weighted by Crippen LogP contribution is -2.02. The zero-order chi connectivity index (χ0) is 16.1. The van der Waals surface area contributed by atoms with Crippen LogP contribution in [-0.4, -0.2) is 20.8 Å². The van der Waals surface area contributed by atoms with Crippen LogP contribution in [0.2, 0.25) is 0 Å². The average molecular weight is 300 g/mol. The summed E-state index contributed by atoms with van der Waals surface area (Å²) in [4.78, 5) is 13.8. The number of rotatable bonds is 4. The summed E-state index contributed by atoms with van der Waals surface area (Å²) >= 11 is 0. The second kappa shape index (κ2) is 6.50. The number of carbonyl (C=O) groups excluding carboxylic acids is 1. The van der Waals surface area contributed by atoms with E-state index >= 15 is 0 Å². The van der Waals surface area contributed by atoms with E-state index in [0.717, 1.165) is 5.69 Å². The SMILES string of the molecule is N#C/C(=C\c1cnn(-c2ccccc2)n1)C(=O)c1ccccc1. The van der Waals surface area contributed by atoms with Crippen molar-refractivity contribution in [3.05, 3.63) is 83.7 Å². The Labute approximate surface area is 133 Å². The summed E-state index contributed by atoms with van der Waals surface area (Å²) in [6.45, 7) is 0. The Morgan fingerprint density at radius 2 is 1.70 bits per heavy atom. The molecule has 2 aromatic carbocycles. The number of para-hydroxylation sites is 1. The predicted octanol–water partition coefficient (Wildman–Crippen LogP) is 3.06. The van der Waals surface area contributed by atoms with Crippen molar-refractivity contribution in [1.29, 1.82) is 5.26 Å². The van der Waals surface area contributed by atoms with Gasteiger partial charge in [-0.1, -0.05) is 48.5 Å². The Bertz CT molecular complexity index is 890. The van der Waals surface area contributed by atoms with E-state index in [1.54, 1.807) is 24.3 Å². The number of nitriles is 1. The molecule has 1 aromatic heterocycles. The molecule has 0 aliphatic carbocycles. The summed E-state index contributed by atoms with van der Waals surface area (Å²) in [5.41, 5.74) is 1.75. The molecule has 0 aliphatic rings. The predicted molar refractivity (Wildman–Crippen MR) is 85.7 cm³/mol. The molecule has 0 amide bonds. The molecule has 5 nitrogen and oxygen atoms in total. The van der Waals surface area contributed by atoms with E-state index in [-0.39, 0.29) is 11.4 Å². The number of allylic oxidation sites excluding steroid dienone is 1. The Morgan fingerprint density at radius 3 is 2.35 bits per heavy atom. The molecule has 3 rings (SSSR count). The monoisotopic (exact) mass is 300 g/mol. The van der Waals surface area contributed by atoms with E-state index in [0.29, 0.717) is 11.3 Å². The van der Waals surface area contributed by atoms with Crippen molar-refractivity contribution in [2.24, 2.45) is 0 Å². The van der Waals surface area contributed by atoms with Crippen molar-refractivity contribution in [3.63, 3.8) is 0 Å². The van der Waals surface area contributed by atoms with Gasteiger partial charge in [0.15, 0.2) is 0 Å². The van der Waals surface area contributed by atoms with Gasteiger partial charge in [-0.15, -0.1) is 5.10 Å². The standard InChI is InChI=1S/C18H12N4O/c19-12-15(18(23)14-7-3-1-4-8-14)11-16-13-20-22(21-16)17-9-5-2-6-10-17/h1-11,13H/b15-11+. The molecule has 1 heterocycles. The molecule has 3 aromatic rings. The Balaban J connectivity index is 1.90. The number of Topliss-reactive ketones (excluding diaryl/α,β-unsaturated/α-hetero) is 1. The van der Waals surface area contributed by atoms with Crippen LogP contribution >= 0.6 is 0 Å². The zero-order valence-electron chi connectivity index (χ0n) is 12.1. The first-order valence-electron chi connectivity index (χ1n) is 6.97. The van der Waals surface area contributed by atoms with E-state index in [4.69, 9.17) is 0 Å². The van der Waals surface area contributed by atoms with Crippen molar-refractivity contribution in [2.75, 3.05) is 0 Å². The van der Waals surface area contributed by atoms with Gasteiger partial charge in [-0.3, -0.25) is 4.79 Å². The zero-order valence-corrected chi connectivity index (χ0v) is 12.1. The molecule has 0 radical (unpaired) electrons. The number of carbonyl (C=O) groups is 1. The summed E-state index contributed by atoms with van der Waals surface area (Å²) in [5, 5.41) is 17.7. The van der Waals surface area contributed by atoms with E-state index < -0.39 is 0 Å². The molecular formula is C18H12N4O. The summed E-state index contributed by atoms with van der Waals surface area (Å²) in [7, 11) is 0. The van der Waals surface area contributed by atoms with Crippen molar-refractivity contribution < 1.29 is 4.79 Å². The number of nitrogens with zero attached hydrogens (tertiary/aromatic N) is 4. The van der Waals surface area contributed by atoms with Crippen molar-refractivity contribution in [3.8, 4) is 11.8 Å². The van der Waals surface area contributed by atoms with Crippen LogP contribution in [0, 0.1) is 11.3 Å². The van der Waals surface area contributed by atoms with Gasteiger partial charge in [0.05, 0.1) is 11.9 Å². The fourth-order valence-electron chi connectivity index (χ4n) is 2.07. The maximum Gasteiger partial charge on any atom is 0.203 e. The highest BCUT2D eigenvalue weighted by Crippen LogP contribution is 2.12. The normalized spacial score (nSPS) is 11.0. The van der Waals surface area contributed by atoms with Crippen LogP contribution in [-0.2, 0) is 0 Å². The molecule has 0 saturated heterocycles. The maximum atomic E-state index is 12.3. The van der Waals surface area contributed by atoms with Gasteiger partial charge in [-0.25, -0.2) is 0 Å². The average Bonchev–Trinajstić information content (AvgIpc) is 3.09. The highest BCUT2D eigenvalue weighted by molar-refractivity contribution is 6.13. The number of hydrogen-bond donors (Lipinski definition) is 0. The smallest absolute Gasteiger partial charge is 0.203 e. The van der Waals surface area contributed by atoms with Crippen molar-refractivity contribution in [1.82, 2.24) is 15.0 Å².